The number of carbonyl (C=O) groups excluding carboxylic acids is 1. The largest absolute Gasteiger partial charge is 0.299 e. The van der Waals surface area contributed by atoms with Crippen molar-refractivity contribution in [3.8, 4) is 0 Å². The quantitative estimate of drug-likeness (QED) is 0.804. The molecule has 2 aromatic rings. The van der Waals surface area contributed by atoms with Gasteiger partial charge in [0.2, 0.25) is 0 Å². The standard InChI is InChI=1S/C15H10Cl2F2O/c16-13-5-4-10(18)6-9(13)7-11(20)8-12-14(17)2-1-3-15(12)19/h1-6H,7-8H2. The zero-order chi connectivity index (χ0) is 14.7. The molecule has 2 rings (SSSR count). The maximum Gasteiger partial charge on any atom is 0.141 e. The van der Waals surface area contributed by atoms with Crippen LogP contribution in [-0.2, 0) is 17.6 Å². The van der Waals surface area contributed by atoms with Crippen molar-refractivity contribution in [2.24, 2.45) is 0 Å². The Bertz CT molecular complexity index is 636. The van der Waals surface area contributed by atoms with Crippen LogP contribution in [0.5, 0.6) is 0 Å². The number of ketones is 1. The van der Waals surface area contributed by atoms with Gasteiger partial charge < -0.3 is 0 Å². The minimum atomic E-state index is -0.531. The van der Waals surface area contributed by atoms with Crippen molar-refractivity contribution in [2.75, 3.05) is 0 Å². The molecular formula is C15H10Cl2F2O. The summed E-state index contributed by atoms with van der Waals surface area (Å²) in [5.74, 6) is -1.29. The summed E-state index contributed by atoms with van der Waals surface area (Å²) in [5, 5.41) is 0.503. The third-order valence-electron chi connectivity index (χ3n) is 2.83. The number of hydrogen-bond acceptors (Lipinski definition) is 1. The molecule has 104 valence electrons. The van der Waals surface area contributed by atoms with Gasteiger partial charge in [0, 0.05) is 28.5 Å². The lowest BCUT2D eigenvalue weighted by Crippen LogP contribution is -2.09. The maximum atomic E-state index is 13.6. The molecule has 0 atom stereocenters. The maximum absolute atomic E-state index is 13.6. The van der Waals surface area contributed by atoms with E-state index < -0.39 is 11.6 Å². The topological polar surface area (TPSA) is 17.1 Å². The molecule has 0 aliphatic heterocycles. The summed E-state index contributed by atoms with van der Waals surface area (Å²) in [6.07, 6.45) is -0.223. The first-order chi connectivity index (χ1) is 9.47. The highest BCUT2D eigenvalue weighted by Crippen LogP contribution is 2.22. The van der Waals surface area contributed by atoms with Gasteiger partial charge in [-0.1, -0.05) is 29.3 Å². The normalized spacial score (nSPS) is 10.6. The van der Waals surface area contributed by atoms with E-state index in [0.29, 0.717) is 10.6 Å². The fraction of sp³-hybridized carbons (Fsp3) is 0.133. The molecule has 0 fully saturated rings. The van der Waals surface area contributed by atoms with E-state index >= 15 is 0 Å². The van der Waals surface area contributed by atoms with Crippen molar-refractivity contribution in [3.05, 3.63) is 69.2 Å². The van der Waals surface area contributed by atoms with Gasteiger partial charge in [-0.2, -0.15) is 0 Å². The molecule has 0 N–H and O–H groups in total. The average Bonchev–Trinajstić information content (AvgIpc) is 2.38. The lowest BCUT2D eigenvalue weighted by atomic mass is 10.0. The lowest BCUT2D eigenvalue weighted by Gasteiger charge is -2.07. The predicted molar refractivity (Wildman–Crippen MR) is 75.2 cm³/mol. The average molecular weight is 315 g/mol. The number of halogens is 4. The SMILES string of the molecule is O=C(Cc1cc(F)ccc1Cl)Cc1c(F)cccc1Cl. The van der Waals surface area contributed by atoms with E-state index in [1.807, 2.05) is 0 Å². The summed E-state index contributed by atoms with van der Waals surface area (Å²) in [6.45, 7) is 0. The smallest absolute Gasteiger partial charge is 0.141 e. The highest BCUT2D eigenvalue weighted by atomic mass is 35.5. The second-order valence-electron chi connectivity index (χ2n) is 4.33. The molecule has 20 heavy (non-hydrogen) atoms. The number of rotatable bonds is 4. The molecule has 1 nitrogen and oxygen atoms in total. The number of hydrogen-bond donors (Lipinski definition) is 0. The first-order valence-electron chi connectivity index (χ1n) is 5.86. The summed E-state index contributed by atoms with van der Waals surface area (Å²) < 4.78 is 26.7. The van der Waals surface area contributed by atoms with Gasteiger partial charge in [-0.15, -0.1) is 0 Å². The summed E-state index contributed by atoms with van der Waals surface area (Å²) in [6, 6.07) is 8.02. The van der Waals surface area contributed by atoms with E-state index in [-0.39, 0.29) is 29.2 Å². The minimum absolute atomic E-state index is 0.0682. The van der Waals surface area contributed by atoms with Crippen molar-refractivity contribution in [2.45, 2.75) is 12.8 Å². The minimum Gasteiger partial charge on any atom is -0.299 e. The van der Waals surface area contributed by atoms with Crippen LogP contribution in [0.4, 0.5) is 8.78 Å². The molecule has 0 radical (unpaired) electrons. The van der Waals surface area contributed by atoms with Crippen molar-refractivity contribution in [3.63, 3.8) is 0 Å². The summed E-state index contributed by atoms with van der Waals surface area (Å²) in [7, 11) is 0. The molecule has 0 saturated heterocycles. The van der Waals surface area contributed by atoms with Crippen LogP contribution < -0.4 is 0 Å². The molecule has 0 bridgehead atoms. The third-order valence-corrected chi connectivity index (χ3v) is 3.55. The van der Waals surface area contributed by atoms with Gasteiger partial charge >= 0.3 is 0 Å². The first-order valence-corrected chi connectivity index (χ1v) is 6.61. The zero-order valence-electron chi connectivity index (χ0n) is 10.3. The zero-order valence-corrected chi connectivity index (χ0v) is 11.8. The molecule has 0 aliphatic carbocycles. The van der Waals surface area contributed by atoms with Crippen LogP contribution in [-0.4, -0.2) is 5.78 Å². The van der Waals surface area contributed by atoms with Crippen molar-refractivity contribution >= 4 is 29.0 Å². The lowest BCUT2D eigenvalue weighted by molar-refractivity contribution is -0.117. The summed E-state index contributed by atoms with van der Waals surface area (Å²) >= 11 is 11.7. The van der Waals surface area contributed by atoms with Crippen LogP contribution >= 0.6 is 23.2 Å². The molecule has 0 aliphatic rings. The first kappa shape index (κ1) is 14.9. The molecule has 2 aromatic carbocycles. The van der Waals surface area contributed by atoms with E-state index in [1.165, 1.54) is 36.4 Å². The predicted octanol–water partition coefficient (Wildman–Crippen LogP) is 4.63. The number of Topliss-reactive ketones (excluding diaryl/α,β-unsaturated/α-hetero) is 1. The Balaban J connectivity index is 2.15. The van der Waals surface area contributed by atoms with Crippen LogP contribution in [0.15, 0.2) is 36.4 Å². The van der Waals surface area contributed by atoms with Gasteiger partial charge in [-0.25, -0.2) is 8.78 Å². The summed E-state index contributed by atoms with van der Waals surface area (Å²) in [5.41, 5.74) is 0.524. The van der Waals surface area contributed by atoms with Crippen LogP contribution in [0.1, 0.15) is 11.1 Å². The van der Waals surface area contributed by atoms with Crippen LogP contribution in [0.2, 0.25) is 10.0 Å². The Labute approximate surface area is 125 Å². The number of benzene rings is 2. The van der Waals surface area contributed by atoms with Gasteiger partial charge in [-0.05, 0) is 35.9 Å². The van der Waals surface area contributed by atoms with Crippen molar-refractivity contribution in [1.82, 2.24) is 0 Å². The molecule has 0 heterocycles. The Morgan fingerprint density at radius 2 is 1.75 bits per heavy atom. The van der Waals surface area contributed by atoms with Gasteiger partial charge in [0.05, 0.1) is 0 Å². The summed E-state index contributed by atoms with van der Waals surface area (Å²) in [4.78, 5) is 11.9. The Morgan fingerprint density at radius 3 is 2.45 bits per heavy atom. The highest BCUT2D eigenvalue weighted by molar-refractivity contribution is 6.32. The van der Waals surface area contributed by atoms with Crippen molar-refractivity contribution < 1.29 is 13.6 Å². The van der Waals surface area contributed by atoms with Crippen LogP contribution in [0.25, 0.3) is 0 Å². The fourth-order valence-corrected chi connectivity index (χ4v) is 2.27. The number of carbonyl (C=O) groups is 1. The molecule has 0 amide bonds. The van der Waals surface area contributed by atoms with E-state index in [0.717, 1.165) is 0 Å². The second kappa shape index (κ2) is 6.33. The fourth-order valence-electron chi connectivity index (χ4n) is 1.85. The monoisotopic (exact) mass is 314 g/mol. The molecular weight excluding hydrogens is 305 g/mol. The van der Waals surface area contributed by atoms with E-state index in [9.17, 15) is 13.6 Å². The van der Waals surface area contributed by atoms with Crippen molar-refractivity contribution in [1.29, 1.82) is 0 Å². The van der Waals surface area contributed by atoms with E-state index in [4.69, 9.17) is 23.2 Å². The van der Waals surface area contributed by atoms with Crippen LogP contribution in [0, 0.1) is 11.6 Å². The molecule has 0 saturated carbocycles. The van der Waals surface area contributed by atoms with Gasteiger partial charge in [0.25, 0.3) is 0 Å². The van der Waals surface area contributed by atoms with Crippen LogP contribution in [0.3, 0.4) is 0 Å². The Morgan fingerprint density at radius 1 is 1.00 bits per heavy atom. The molecule has 0 unspecified atom stereocenters. The van der Waals surface area contributed by atoms with E-state index in [1.54, 1.807) is 0 Å². The van der Waals surface area contributed by atoms with E-state index in [2.05, 4.69) is 0 Å². The molecule has 0 aromatic heterocycles. The molecule has 0 spiro atoms. The van der Waals surface area contributed by atoms with Gasteiger partial charge in [0.15, 0.2) is 0 Å². The Kier molecular flexibility index (Phi) is 4.73. The van der Waals surface area contributed by atoms with Gasteiger partial charge in [0.1, 0.15) is 17.4 Å². The highest BCUT2D eigenvalue weighted by Gasteiger charge is 2.14. The second-order valence-corrected chi connectivity index (χ2v) is 5.14. The molecule has 5 heteroatoms. The third kappa shape index (κ3) is 3.56. The Hall–Kier alpha value is -1.45. The van der Waals surface area contributed by atoms with Gasteiger partial charge in [-0.3, -0.25) is 4.79 Å².